The predicted molar refractivity (Wildman–Crippen MR) is 97.4 cm³/mol. The quantitative estimate of drug-likeness (QED) is 0.344. The zero-order valence-corrected chi connectivity index (χ0v) is 16.4. The Morgan fingerprint density at radius 3 is 1.64 bits per heavy atom. The van der Waals surface area contributed by atoms with E-state index in [0.717, 1.165) is 23.8 Å². The number of fused-ring (bicyclic) bond motifs is 1. The Labute approximate surface area is 173 Å². The number of aromatic nitrogens is 2. The molecule has 4 rings (SSSR count). The molecule has 3 aromatic rings. The maximum Gasteiger partial charge on any atom is 0.403 e. The largest absolute Gasteiger partial charge is 0.403 e. The third-order valence-corrected chi connectivity index (χ3v) is 4.01. The molecule has 0 spiro atoms. The number of halogens is 2. The molecule has 1 aromatic carbocycles. The fourth-order valence-corrected chi connectivity index (χ4v) is 2.75. The number of hydrogen-bond acceptors (Lipinski definition) is 4. The summed E-state index contributed by atoms with van der Waals surface area (Å²) in [6.45, 7) is 14.2. The summed E-state index contributed by atoms with van der Waals surface area (Å²) in [4.78, 5) is 17.8. The molecule has 0 N–H and O–H groups in total. The minimum Gasteiger partial charge on any atom is -0.352 e. The van der Waals surface area contributed by atoms with Crippen LogP contribution < -0.4 is 9.62 Å². The fraction of sp³-hybridized carbons (Fsp3) is 0. The first kappa shape index (κ1) is 19.4. The Hall–Kier alpha value is -3.33. The fourth-order valence-electron chi connectivity index (χ4n) is 2.75. The zero-order valence-electron chi connectivity index (χ0n) is 14.0. The van der Waals surface area contributed by atoms with E-state index in [1.807, 2.05) is 24.3 Å². The molecule has 2 radical (unpaired) electrons. The van der Waals surface area contributed by atoms with Crippen molar-refractivity contribution in [3.63, 3.8) is 0 Å². The molecule has 0 amide bonds. The standard InChI is InChI=1S/C18H8BF2N6.Ir/c1-22-13-7-17(24-9-11(13)20)26-15-5-3-4-6-16(15)27(19-26)18-8-14(23-2)12(21)10-25-18;/h3-10H;. The van der Waals surface area contributed by atoms with Gasteiger partial charge in [-0.05, 0) is 24.3 Å². The van der Waals surface area contributed by atoms with Crippen molar-refractivity contribution in [2.24, 2.45) is 0 Å². The number of pyridine rings is 2. The second-order valence-electron chi connectivity index (χ2n) is 5.56. The van der Waals surface area contributed by atoms with E-state index < -0.39 is 11.6 Å². The van der Waals surface area contributed by atoms with E-state index >= 15 is 0 Å². The second-order valence-corrected chi connectivity index (χ2v) is 5.56. The monoisotopic (exact) mass is 550 g/mol. The molecule has 2 aromatic heterocycles. The summed E-state index contributed by atoms with van der Waals surface area (Å²) in [5, 5.41) is 0. The molecule has 0 atom stereocenters. The summed E-state index contributed by atoms with van der Waals surface area (Å²) >= 11 is 0. The van der Waals surface area contributed by atoms with Crippen molar-refractivity contribution < 1.29 is 28.9 Å². The van der Waals surface area contributed by atoms with Crippen molar-refractivity contribution >= 4 is 41.9 Å². The Morgan fingerprint density at radius 2 is 1.25 bits per heavy atom. The molecular formula is C18H8BF2IrN6. The van der Waals surface area contributed by atoms with E-state index in [9.17, 15) is 8.78 Å². The minimum absolute atomic E-state index is 0. The molecule has 10 heteroatoms. The molecule has 0 unspecified atom stereocenters. The van der Waals surface area contributed by atoms with Gasteiger partial charge in [-0.2, -0.15) is 0 Å². The first-order valence-electron chi connectivity index (χ1n) is 7.71. The third-order valence-electron chi connectivity index (χ3n) is 4.01. The van der Waals surface area contributed by atoms with Gasteiger partial charge in [0.2, 0.25) is 11.4 Å². The van der Waals surface area contributed by atoms with Crippen molar-refractivity contribution in [3.8, 4) is 0 Å². The average Bonchev–Trinajstić information content (AvgIpc) is 3.08. The first-order valence-corrected chi connectivity index (χ1v) is 7.71. The van der Waals surface area contributed by atoms with Gasteiger partial charge in [0.15, 0.2) is 0 Å². The summed E-state index contributed by atoms with van der Waals surface area (Å²) in [6, 6.07) is 10.0. The number of nitrogens with zero attached hydrogens (tertiary/aromatic N) is 6. The summed E-state index contributed by atoms with van der Waals surface area (Å²) < 4.78 is 27.3. The van der Waals surface area contributed by atoms with Crippen LogP contribution in [0.5, 0.6) is 0 Å². The Balaban J connectivity index is 0.00000225. The molecule has 136 valence electrons. The molecule has 0 saturated carbocycles. The van der Waals surface area contributed by atoms with Crippen LogP contribution >= 0.6 is 0 Å². The molecule has 28 heavy (non-hydrogen) atoms. The van der Waals surface area contributed by atoms with Gasteiger partial charge < -0.3 is 9.62 Å². The van der Waals surface area contributed by atoms with Crippen LogP contribution in [-0.2, 0) is 20.1 Å². The third kappa shape index (κ3) is 3.20. The molecule has 0 fully saturated rings. The normalized spacial score (nSPS) is 11.7. The van der Waals surface area contributed by atoms with E-state index in [2.05, 4.69) is 19.7 Å². The van der Waals surface area contributed by atoms with E-state index in [4.69, 9.17) is 13.1 Å². The van der Waals surface area contributed by atoms with Crippen molar-refractivity contribution in [2.75, 3.05) is 9.62 Å². The van der Waals surface area contributed by atoms with Crippen LogP contribution in [0.2, 0.25) is 0 Å². The van der Waals surface area contributed by atoms with Gasteiger partial charge in [0.1, 0.15) is 23.3 Å². The average molecular weight is 549 g/mol. The van der Waals surface area contributed by atoms with Gasteiger partial charge in [0.25, 0.3) is 0 Å². The van der Waals surface area contributed by atoms with Crippen LogP contribution in [0.15, 0.2) is 48.8 Å². The maximum atomic E-state index is 13.6. The molecular weight excluding hydrogens is 541 g/mol. The molecule has 0 aliphatic carbocycles. The van der Waals surface area contributed by atoms with E-state index in [0.29, 0.717) is 11.6 Å². The van der Waals surface area contributed by atoms with Crippen LogP contribution in [0.4, 0.5) is 43.2 Å². The van der Waals surface area contributed by atoms with Crippen LogP contribution in [0, 0.1) is 24.8 Å². The van der Waals surface area contributed by atoms with Crippen molar-refractivity contribution in [3.05, 3.63) is 83.3 Å². The van der Waals surface area contributed by atoms with Crippen molar-refractivity contribution in [1.29, 1.82) is 0 Å². The summed E-state index contributed by atoms with van der Waals surface area (Å²) in [5.41, 5.74) is 1.17. The Bertz CT molecular complexity index is 1060. The molecule has 6 nitrogen and oxygen atoms in total. The van der Waals surface area contributed by atoms with Crippen molar-refractivity contribution in [2.45, 2.75) is 0 Å². The van der Waals surface area contributed by atoms with Gasteiger partial charge in [-0.25, -0.2) is 28.4 Å². The summed E-state index contributed by atoms with van der Waals surface area (Å²) in [7, 11) is 1.65. The smallest absolute Gasteiger partial charge is 0.352 e. The maximum absolute atomic E-state index is 13.6. The van der Waals surface area contributed by atoms with Gasteiger partial charge in [0.05, 0.1) is 36.9 Å². The van der Waals surface area contributed by atoms with Crippen LogP contribution in [0.25, 0.3) is 9.69 Å². The van der Waals surface area contributed by atoms with E-state index in [1.54, 1.807) is 17.2 Å². The Morgan fingerprint density at radius 1 is 0.821 bits per heavy atom. The number of benzene rings is 1. The topological polar surface area (TPSA) is 41.0 Å². The van der Waals surface area contributed by atoms with Crippen LogP contribution in [-0.4, -0.2) is 17.5 Å². The van der Waals surface area contributed by atoms with Gasteiger partial charge in [-0.1, -0.05) is 12.1 Å². The first-order chi connectivity index (χ1) is 13.1. The molecule has 3 heterocycles. The minimum atomic E-state index is -0.694. The Kier molecular flexibility index (Phi) is 5.37. The van der Waals surface area contributed by atoms with Crippen LogP contribution in [0.3, 0.4) is 0 Å². The molecule has 1 aliphatic rings. The van der Waals surface area contributed by atoms with Gasteiger partial charge >= 0.3 is 7.55 Å². The number of anilines is 4. The number of hydrogen-bond donors (Lipinski definition) is 0. The number of rotatable bonds is 2. The zero-order chi connectivity index (χ0) is 19.0. The van der Waals surface area contributed by atoms with Gasteiger partial charge in [-0.15, -0.1) is 0 Å². The van der Waals surface area contributed by atoms with Gasteiger partial charge in [0, 0.05) is 20.1 Å². The van der Waals surface area contributed by atoms with Gasteiger partial charge in [-0.3, -0.25) is 0 Å². The molecule has 0 saturated heterocycles. The second kappa shape index (κ2) is 7.73. The molecule has 1 aliphatic heterocycles. The van der Waals surface area contributed by atoms with E-state index in [1.165, 1.54) is 12.1 Å². The molecule has 0 bridgehead atoms. The van der Waals surface area contributed by atoms with Crippen molar-refractivity contribution in [1.82, 2.24) is 9.97 Å². The summed E-state index contributed by atoms with van der Waals surface area (Å²) in [5.74, 6) is -0.685. The van der Waals surface area contributed by atoms with E-state index in [-0.39, 0.29) is 31.5 Å². The van der Waals surface area contributed by atoms with Crippen LogP contribution in [0.1, 0.15) is 0 Å². The summed E-state index contributed by atoms with van der Waals surface area (Å²) in [6.07, 6.45) is 1.99. The SMILES string of the molecule is [C-]#[N+]c1cc(N2[B]N(c3cc([N+]#[C-])c(F)cn3)c3ccccc32)ncc1F.[Ir]. The predicted octanol–water partition coefficient (Wildman–Crippen LogP) is 4.68. The number of para-hydroxylation sites is 2.